The number of nitrogens with zero attached hydrogens (tertiary/aromatic N) is 2. The fourth-order valence-corrected chi connectivity index (χ4v) is 2.38. The molecule has 0 aromatic heterocycles. The number of hydrogen-bond acceptors (Lipinski definition) is 4. The van der Waals surface area contributed by atoms with Gasteiger partial charge in [-0.15, -0.1) is 6.42 Å². The van der Waals surface area contributed by atoms with Gasteiger partial charge in [0.25, 0.3) is 5.69 Å². The molecule has 5 nitrogen and oxygen atoms in total. The first kappa shape index (κ1) is 14.3. The second-order valence-electron chi connectivity index (χ2n) is 4.79. The maximum atomic E-state index is 13.8. The van der Waals surface area contributed by atoms with Gasteiger partial charge in [-0.3, -0.25) is 15.0 Å². The first-order valence-corrected chi connectivity index (χ1v) is 6.47. The lowest BCUT2D eigenvalue weighted by Crippen LogP contribution is -2.39. The fourth-order valence-electron chi connectivity index (χ4n) is 2.38. The Morgan fingerprint density at radius 2 is 2.20 bits per heavy atom. The Bertz CT molecular complexity index is 534. The highest BCUT2D eigenvalue weighted by atomic mass is 19.1. The van der Waals surface area contributed by atoms with Crippen molar-refractivity contribution in [1.82, 2.24) is 4.90 Å². The normalized spacial score (nSPS) is 16.6. The zero-order chi connectivity index (χ0) is 14.5. The molecule has 1 saturated heterocycles. The summed E-state index contributed by atoms with van der Waals surface area (Å²) in [5.74, 6) is 2.00. The minimum atomic E-state index is -0.592. The number of benzene rings is 1. The molecule has 6 heteroatoms. The molecule has 1 heterocycles. The van der Waals surface area contributed by atoms with Crippen LogP contribution >= 0.6 is 0 Å². The lowest BCUT2D eigenvalue weighted by molar-refractivity contribution is -0.384. The zero-order valence-electron chi connectivity index (χ0n) is 11.0. The third kappa shape index (κ3) is 3.25. The minimum Gasteiger partial charge on any atom is -0.374 e. The number of rotatable bonds is 4. The molecule has 0 unspecified atom stereocenters. The summed E-state index contributed by atoms with van der Waals surface area (Å²) in [5, 5.41) is 13.9. The van der Waals surface area contributed by atoms with Crippen molar-refractivity contribution in [2.75, 3.05) is 25.0 Å². The minimum absolute atomic E-state index is 0.0205. The summed E-state index contributed by atoms with van der Waals surface area (Å²) in [4.78, 5) is 12.5. The van der Waals surface area contributed by atoms with Crippen molar-refractivity contribution in [3.05, 3.63) is 34.1 Å². The maximum absolute atomic E-state index is 13.8. The molecule has 20 heavy (non-hydrogen) atoms. The topological polar surface area (TPSA) is 58.4 Å². The molecule has 1 fully saturated rings. The molecule has 0 aliphatic carbocycles. The van der Waals surface area contributed by atoms with Crippen LogP contribution in [0.1, 0.15) is 12.8 Å². The smallest absolute Gasteiger partial charge is 0.295 e. The number of piperidine rings is 1. The van der Waals surface area contributed by atoms with E-state index < -0.39 is 10.7 Å². The molecule has 0 bridgehead atoms. The molecule has 1 aliphatic rings. The number of para-hydroxylation sites is 1. The molecule has 0 atom stereocenters. The number of nitro groups is 1. The Kier molecular flexibility index (Phi) is 4.53. The maximum Gasteiger partial charge on any atom is 0.295 e. The number of hydrogen-bond donors (Lipinski definition) is 1. The van der Waals surface area contributed by atoms with Crippen molar-refractivity contribution in [2.24, 2.45) is 0 Å². The van der Waals surface area contributed by atoms with Crippen molar-refractivity contribution in [1.29, 1.82) is 0 Å². The van der Waals surface area contributed by atoms with E-state index in [9.17, 15) is 14.5 Å². The molecule has 1 N–H and O–H groups in total. The quantitative estimate of drug-likeness (QED) is 0.521. The number of nitro benzene ring substituents is 1. The van der Waals surface area contributed by atoms with E-state index in [1.807, 2.05) is 0 Å². The first-order valence-electron chi connectivity index (χ1n) is 6.47. The van der Waals surface area contributed by atoms with Gasteiger partial charge >= 0.3 is 0 Å². The molecule has 0 spiro atoms. The highest BCUT2D eigenvalue weighted by Gasteiger charge is 2.23. The average molecular weight is 277 g/mol. The van der Waals surface area contributed by atoms with E-state index in [0.29, 0.717) is 6.54 Å². The van der Waals surface area contributed by atoms with E-state index in [2.05, 4.69) is 16.1 Å². The van der Waals surface area contributed by atoms with Gasteiger partial charge in [-0.25, -0.2) is 4.39 Å². The monoisotopic (exact) mass is 277 g/mol. The molecule has 1 aromatic carbocycles. The zero-order valence-corrected chi connectivity index (χ0v) is 11.0. The predicted molar refractivity (Wildman–Crippen MR) is 75.0 cm³/mol. The van der Waals surface area contributed by atoms with Crippen molar-refractivity contribution in [2.45, 2.75) is 18.9 Å². The summed E-state index contributed by atoms with van der Waals surface area (Å²) in [6, 6.07) is 3.90. The lowest BCUT2D eigenvalue weighted by Gasteiger charge is -2.31. The van der Waals surface area contributed by atoms with Gasteiger partial charge in [0, 0.05) is 25.2 Å². The van der Waals surface area contributed by atoms with Crippen molar-refractivity contribution in [3.63, 3.8) is 0 Å². The standard InChI is InChI=1S/C14H16FN3O2/c1-2-8-17-9-6-11(7-10-17)16-14-12(15)4-3-5-13(14)18(19)20/h1,3-5,11,16H,6-10H2. The van der Waals surface area contributed by atoms with Gasteiger partial charge < -0.3 is 5.32 Å². The predicted octanol–water partition coefficient (Wildman–Crippen LogP) is 2.24. The number of likely N-dealkylation sites (tertiary alicyclic amines) is 1. The fraction of sp³-hybridized carbons (Fsp3) is 0.429. The van der Waals surface area contributed by atoms with Crippen LogP contribution in [0, 0.1) is 28.3 Å². The molecule has 0 amide bonds. The molecular weight excluding hydrogens is 261 g/mol. The van der Waals surface area contributed by atoms with E-state index >= 15 is 0 Å². The van der Waals surface area contributed by atoms with E-state index in [1.165, 1.54) is 18.2 Å². The van der Waals surface area contributed by atoms with E-state index in [0.717, 1.165) is 25.9 Å². The van der Waals surface area contributed by atoms with Gasteiger partial charge in [0.2, 0.25) is 0 Å². The molecular formula is C14H16FN3O2. The highest BCUT2D eigenvalue weighted by molar-refractivity contribution is 5.62. The second kappa shape index (κ2) is 6.35. The third-order valence-electron chi connectivity index (χ3n) is 3.44. The van der Waals surface area contributed by atoms with Gasteiger partial charge in [-0.05, 0) is 18.9 Å². The van der Waals surface area contributed by atoms with Gasteiger partial charge in [0.05, 0.1) is 11.5 Å². The van der Waals surface area contributed by atoms with E-state index in [4.69, 9.17) is 6.42 Å². The van der Waals surface area contributed by atoms with Crippen molar-refractivity contribution >= 4 is 11.4 Å². The summed E-state index contributed by atoms with van der Waals surface area (Å²) in [6.45, 7) is 2.22. The Morgan fingerprint density at radius 3 is 2.80 bits per heavy atom. The number of anilines is 1. The van der Waals surface area contributed by atoms with Crippen LogP contribution in [-0.4, -0.2) is 35.5 Å². The van der Waals surface area contributed by atoms with Gasteiger partial charge in [-0.1, -0.05) is 12.0 Å². The summed E-state index contributed by atoms with van der Waals surface area (Å²) in [5.41, 5.74) is -0.246. The van der Waals surface area contributed by atoms with Crippen LogP contribution in [-0.2, 0) is 0 Å². The molecule has 1 aromatic rings. The van der Waals surface area contributed by atoms with E-state index in [-0.39, 0.29) is 17.4 Å². The Hall–Kier alpha value is -2.13. The third-order valence-corrected chi connectivity index (χ3v) is 3.44. The van der Waals surface area contributed by atoms with Crippen LogP contribution in [0.5, 0.6) is 0 Å². The van der Waals surface area contributed by atoms with Crippen LogP contribution in [0.2, 0.25) is 0 Å². The molecule has 1 aliphatic heterocycles. The Balaban J connectivity index is 2.05. The number of terminal acetylenes is 1. The van der Waals surface area contributed by atoms with Crippen molar-refractivity contribution < 1.29 is 9.31 Å². The van der Waals surface area contributed by atoms with Crippen LogP contribution in [0.25, 0.3) is 0 Å². The molecule has 106 valence electrons. The van der Waals surface area contributed by atoms with E-state index in [1.54, 1.807) is 0 Å². The Labute approximate surface area is 116 Å². The van der Waals surface area contributed by atoms with Crippen LogP contribution in [0.3, 0.4) is 0 Å². The summed E-state index contributed by atoms with van der Waals surface area (Å²) in [6.07, 6.45) is 6.83. The van der Waals surface area contributed by atoms with Crippen LogP contribution in [0.4, 0.5) is 15.8 Å². The number of halogens is 1. The van der Waals surface area contributed by atoms with Gasteiger partial charge in [0.15, 0.2) is 5.82 Å². The Morgan fingerprint density at radius 1 is 1.50 bits per heavy atom. The highest BCUT2D eigenvalue weighted by Crippen LogP contribution is 2.29. The largest absolute Gasteiger partial charge is 0.374 e. The summed E-state index contributed by atoms with van der Waals surface area (Å²) in [7, 11) is 0. The van der Waals surface area contributed by atoms with Crippen LogP contribution in [0.15, 0.2) is 18.2 Å². The lowest BCUT2D eigenvalue weighted by atomic mass is 10.0. The number of nitrogens with one attached hydrogen (secondary N) is 1. The SMILES string of the molecule is C#CCN1CCC(Nc2c(F)cccc2[N+](=O)[O-])CC1. The van der Waals surface area contributed by atoms with Crippen molar-refractivity contribution in [3.8, 4) is 12.3 Å². The van der Waals surface area contributed by atoms with Gasteiger partial charge in [-0.2, -0.15) is 0 Å². The van der Waals surface area contributed by atoms with Gasteiger partial charge in [0.1, 0.15) is 5.69 Å². The summed E-state index contributed by atoms with van der Waals surface area (Å²) >= 11 is 0. The average Bonchev–Trinajstić information content (AvgIpc) is 2.43. The second-order valence-corrected chi connectivity index (χ2v) is 4.79. The molecule has 0 radical (unpaired) electrons. The summed E-state index contributed by atoms with van der Waals surface area (Å²) < 4.78 is 13.8. The molecule has 0 saturated carbocycles. The molecule has 2 rings (SSSR count). The first-order chi connectivity index (χ1) is 9.61. The van der Waals surface area contributed by atoms with Crippen LogP contribution < -0.4 is 5.32 Å².